The van der Waals surface area contributed by atoms with E-state index in [1.54, 1.807) is 6.92 Å². The summed E-state index contributed by atoms with van der Waals surface area (Å²) >= 11 is 5.55. The first-order valence-electron chi connectivity index (χ1n) is 5.05. The lowest BCUT2D eigenvalue weighted by atomic mass is 10.1. The number of carbonyl (C=O) groups is 1. The van der Waals surface area contributed by atoms with E-state index in [4.69, 9.17) is 16.3 Å². The van der Waals surface area contributed by atoms with Crippen molar-refractivity contribution >= 4 is 17.6 Å². The topological polar surface area (TPSA) is 26.3 Å². The molecule has 0 bridgehead atoms. The van der Waals surface area contributed by atoms with Crippen LogP contribution in [0.15, 0.2) is 30.3 Å². The van der Waals surface area contributed by atoms with Gasteiger partial charge in [0.2, 0.25) is 0 Å². The summed E-state index contributed by atoms with van der Waals surface area (Å²) in [7, 11) is 0. The molecule has 0 unspecified atom stereocenters. The van der Waals surface area contributed by atoms with Crippen LogP contribution in [-0.4, -0.2) is 18.0 Å². The molecule has 82 valence electrons. The van der Waals surface area contributed by atoms with Gasteiger partial charge in [0.25, 0.3) is 0 Å². The molecule has 1 atom stereocenters. The molecule has 0 heterocycles. The number of hydrogen-bond donors (Lipinski definition) is 0. The van der Waals surface area contributed by atoms with Crippen molar-refractivity contribution in [2.45, 2.75) is 25.1 Å². The Labute approximate surface area is 95.2 Å². The molecule has 0 aromatic heterocycles. The summed E-state index contributed by atoms with van der Waals surface area (Å²) in [5.74, 6) is -0.343. The lowest BCUT2D eigenvalue weighted by Crippen LogP contribution is -2.15. The van der Waals surface area contributed by atoms with Gasteiger partial charge in [-0.25, -0.2) is 0 Å². The first-order valence-corrected chi connectivity index (χ1v) is 5.48. The van der Waals surface area contributed by atoms with Crippen molar-refractivity contribution < 1.29 is 9.53 Å². The minimum Gasteiger partial charge on any atom is -0.465 e. The van der Waals surface area contributed by atoms with E-state index in [1.807, 2.05) is 18.2 Å². The first-order chi connectivity index (χ1) is 7.20. The molecule has 1 aromatic carbocycles. The maximum atomic E-state index is 11.0. The Kier molecular flexibility index (Phi) is 5.19. The highest BCUT2D eigenvalue weighted by atomic mass is 35.5. The van der Waals surface area contributed by atoms with Crippen molar-refractivity contribution in [1.29, 1.82) is 0 Å². The molecule has 0 aliphatic rings. The Morgan fingerprint density at radius 3 is 2.67 bits per heavy atom. The fraction of sp³-hybridized carbons (Fsp3) is 0.417. The van der Waals surface area contributed by atoms with Gasteiger partial charge in [-0.05, 0) is 25.3 Å². The van der Waals surface area contributed by atoms with E-state index in [1.165, 1.54) is 5.56 Å². The van der Waals surface area contributed by atoms with Crippen molar-refractivity contribution in [3.05, 3.63) is 35.9 Å². The van der Waals surface area contributed by atoms with E-state index < -0.39 is 5.38 Å². The predicted octanol–water partition coefficient (Wildman–Crippen LogP) is 2.79. The van der Waals surface area contributed by atoms with Crippen molar-refractivity contribution in [2.75, 3.05) is 6.61 Å². The highest BCUT2D eigenvalue weighted by Gasteiger charge is 2.09. The van der Waals surface area contributed by atoms with Gasteiger partial charge in [0.05, 0.1) is 6.61 Å². The lowest BCUT2D eigenvalue weighted by Gasteiger charge is -2.05. The minimum atomic E-state index is -0.554. The van der Waals surface area contributed by atoms with Crippen molar-refractivity contribution in [3.8, 4) is 0 Å². The third kappa shape index (κ3) is 4.84. The molecule has 0 spiro atoms. The van der Waals surface area contributed by atoms with Crippen LogP contribution >= 0.6 is 11.6 Å². The summed E-state index contributed by atoms with van der Waals surface area (Å²) in [6, 6.07) is 10.1. The lowest BCUT2D eigenvalue weighted by molar-refractivity contribution is -0.142. The van der Waals surface area contributed by atoms with Crippen LogP contribution in [0.4, 0.5) is 0 Å². The van der Waals surface area contributed by atoms with Crippen LogP contribution in [0.3, 0.4) is 0 Å². The fourth-order valence-electron chi connectivity index (χ4n) is 1.21. The molecular formula is C12H15ClO2. The van der Waals surface area contributed by atoms with E-state index in [9.17, 15) is 4.79 Å². The summed E-state index contributed by atoms with van der Waals surface area (Å²) < 4.78 is 4.95. The molecule has 15 heavy (non-hydrogen) atoms. The molecule has 0 aliphatic carbocycles. The number of esters is 1. The van der Waals surface area contributed by atoms with Gasteiger partial charge in [0.1, 0.15) is 5.38 Å². The molecule has 0 saturated heterocycles. The van der Waals surface area contributed by atoms with Gasteiger partial charge >= 0.3 is 5.97 Å². The van der Waals surface area contributed by atoms with Crippen LogP contribution < -0.4 is 0 Å². The molecule has 1 rings (SSSR count). The van der Waals surface area contributed by atoms with Gasteiger partial charge in [-0.1, -0.05) is 30.3 Å². The van der Waals surface area contributed by atoms with Gasteiger partial charge in [0.15, 0.2) is 0 Å². The quantitative estimate of drug-likeness (QED) is 0.439. The summed E-state index contributed by atoms with van der Waals surface area (Å²) in [5.41, 5.74) is 1.26. The molecule has 0 radical (unpaired) electrons. The Bertz CT molecular complexity index is 296. The molecule has 1 aromatic rings. The zero-order chi connectivity index (χ0) is 11.1. The Hall–Kier alpha value is -1.02. The smallest absolute Gasteiger partial charge is 0.323 e. The molecule has 0 aliphatic heterocycles. The number of aryl methyl sites for hydroxylation is 1. The number of benzene rings is 1. The summed E-state index contributed by atoms with van der Waals surface area (Å²) in [6.07, 6.45) is 1.75. The van der Waals surface area contributed by atoms with Crippen LogP contribution in [0.25, 0.3) is 0 Å². The predicted molar refractivity (Wildman–Crippen MR) is 61.0 cm³/mol. The summed E-state index contributed by atoms with van der Waals surface area (Å²) in [6.45, 7) is 2.05. The average Bonchev–Trinajstić information content (AvgIpc) is 2.25. The van der Waals surface area contributed by atoms with Crippen molar-refractivity contribution in [3.63, 3.8) is 0 Å². The molecule has 0 saturated carbocycles. The third-order valence-electron chi connectivity index (χ3n) is 2.02. The molecule has 2 nitrogen and oxygen atoms in total. The highest BCUT2D eigenvalue weighted by molar-refractivity contribution is 6.29. The fourth-order valence-corrected chi connectivity index (χ4v) is 1.27. The Morgan fingerprint density at radius 1 is 1.40 bits per heavy atom. The van der Waals surface area contributed by atoms with Gasteiger partial charge in [0, 0.05) is 0 Å². The SMILES string of the molecule is C[C@H](Cl)C(=O)OCCCc1ccccc1. The van der Waals surface area contributed by atoms with Crippen LogP contribution in [0.1, 0.15) is 18.9 Å². The highest BCUT2D eigenvalue weighted by Crippen LogP contribution is 2.03. The Morgan fingerprint density at radius 2 is 2.07 bits per heavy atom. The number of alkyl halides is 1. The standard InChI is InChI=1S/C12H15ClO2/c1-10(13)12(14)15-9-5-8-11-6-3-2-4-7-11/h2-4,6-7,10H,5,8-9H2,1H3/t10-/m0/s1. The molecule has 0 amide bonds. The minimum absolute atomic E-state index is 0.343. The number of hydrogen-bond acceptors (Lipinski definition) is 2. The number of carbonyl (C=O) groups excluding carboxylic acids is 1. The third-order valence-corrected chi connectivity index (χ3v) is 2.20. The first kappa shape index (κ1) is 12.1. The van der Waals surface area contributed by atoms with Gasteiger partial charge in [-0.2, -0.15) is 0 Å². The van der Waals surface area contributed by atoms with E-state index in [0.717, 1.165) is 12.8 Å². The number of ether oxygens (including phenoxy) is 1. The van der Waals surface area contributed by atoms with Crippen LogP contribution in [0, 0.1) is 0 Å². The molecule has 3 heteroatoms. The van der Waals surface area contributed by atoms with Gasteiger partial charge < -0.3 is 4.74 Å². The normalized spacial score (nSPS) is 12.1. The maximum Gasteiger partial charge on any atom is 0.323 e. The van der Waals surface area contributed by atoms with Crippen molar-refractivity contribution in [2.24, 2.45) is 0 Å². The Balaban J connectivity index is 2.15. The molecule has 0 fully saturated rings. The van der Waals surface area contributed by atoms with E-state index in [0.29, 0.717) is 6.61 Å². The van der Waals surface area contributed by atoms with E-state index in [2.05, 4.69) is 12.1 Å². The second-order valence-electron chi connectivity index (χ2n) is 3.37. The van der Waals surface area contributed by atoms with Crippen molar-refractivity contribution in [1.82, 2.24) is 0 Å². The second kappa shape index (κ2) is 6.46. The second-order valence-corrected chi connectivity index (χ2v) is 4.03. The van der Waals surface area contributed by atoms with E-state index in [-0.39, 0.29) is 5.97 Å². The van der Waals surface area contributed by atoms with Gasteiger partial charge in [-0.3, -0.25) is 4.79 Å². The van der Waals surface area contributed by atoms with Crippen LogP contribution in [0.5, 0.6) is 0 Å². The largest absolute Gasteiger partial charge is 0.465 e. The monoisotopic (exact) mass is 226 g/mol. The van der Waals surface area contributed by atoms with Crippen LogP contribution in [-0.2, 0) is 16.0 Å². The van der Waals surface area contributed by atoms with E-state index >= 15 is 0 Å². The average molecular weight is 227 g/mol. The maximum absolute atomic E-state index is 11.0. The summed E-state index contributed by atoms with van der Waals surface area (Å²) in [4.78, 5) is 11.0. The zero-order valence-electron chi connectivity index (χ0n) is 8.78. The zero-order valence-corrected chi connectivity index (χ0v) is 9.54. The van der Waals surface area contributed by atoms with Gasteiger partial charge in [-0.15, -0.1) is 11.6 Å². The molecular weight excluding hydrogens is 212 g/mol. The summed E-state index contributed by atoms with van der Waals surface area (Å²) in [5, 5.41) is -0.554. The molecule has 0 N–H and O–H groups in total. The number of halogens is 1. The number of rotatable bonds is 5. The van der Waals surface area contributed by atoms with Crippen LogP contribution in [0.2, 0.25) is 0 Å².